The second-order valence-corrected chi connectivity index (χ2v) is 6.54. The van der Waals surface area contributed by atoms with Crippen LogP contribution in [0.3, 0.4) is 0 Å². The maximum atomic E-state index is 11.8. The number of nitrogens with one attached hydrogen (secondary N) is 2. The molecule has 1 amide bonds. The second kappa shape index (κ2) is 7.64. The highest BCUT2D eigenvalue weighted by atomic mass is 35.5. The lowest BCUT2D eigenvalue weighted by atomic mass is 10.1. The van der Waals surface area contributed by atoms with Crippen LogP contribution >= 0.6 is 11.6 Å². The van der Waals surface area contributed by atoms with Crippen molar-refractivity contribution >= 4 is 40.0 Å². The van der Waals surface area contributed by atoms with Gasteiger partial charge in [-0.2, -0.15) is 0 Å². The largest absolute Gasteiger partial charge is 0.324 e. The summed E-state index contributed by atoms with van der Waals surface area (Å²) in [4.78, 5) is 21.0. The summed E-state index contributed by atoms with van der Waals surface area (Å²) in [5.74, 6) is 5.25. The fourth-order valence-electron chi connectivity index (χ4n) is 2.92. The standard InChI is InChI=1S/C21H16ClN5O/c22-15-9-10-18-17(12-15)19(13-5-2-1-3-6-13)26-21(25-18)24-16-8-4-7-14(11-16)20(28)27-23/h1-12H,23H2,(H,27,28)(H,24,25,26). The molecule has 0 radical (unpaired) electrons. The van der Waals surface area contributed by atoms with Crippen LogP contribution in [0.4, 0.5) is 11.6 Å². The number of aromatic nitrogens is 2. The minimum atomic E-state index is -0.373. The molecule has 0 aliphatic heterocycles. The number of rotatable bonds is 4. The number of benzene rings is 3. The number of fused-ring (bicyclic) bond motifs is 1. The summed E-state index contributed by atoms with van der Waals surface area (Å²) < 4.78 is 0. The smallest absolute Gasteiger partial charge is 0.265 e. The van der Waals surface area contributed by atoms with Gasteiger partial charge in [0.2, 0.25) is 5.95 Å². The van der Waals surface area contributed by atoms with E-state index >= 15 is 0 Å². The number of carbonyl (C=O) groups excluding carboxylic acids is 1. The molecule has 7 heteroatoms. The molecule has 0 unspecified atom stereocenters. The first-order valence-electron chi connectivity index (χ1n) is 8.55. The third-order valence-corrected chi connectivity index (χ3v) is 4.45. The van der Waals surface area contributed by atoms with Crippen LogP contribution in [0.25, 0.3) is 22.2 Å². The third kappa shape index (κ3) is 3.64. The van der Waals surface area contributed by atoms with Crippen molar-refractivity contribution in [1.29, 1.82) is 0 Å². The van der Waals surface area contributed by atoms with Gasteiger partial charge in [0, 0.05) is 27.2 Å². The Morgan fingerprint density at radius 2 is 1.75 bits per heavy atom. The van der Waals surface area contributed by atoms with Crippen LogP contribution in [0.5, 0.6) is 0 Å². The number of nitrogens with two attached hydrogens (primary N) is 1. The number of hydrazine groups is 1. The first-order valence-corrected chi connectivity index (χ1v) is 8.92. The highest BCUT2D eigenvalue weighted by Crippen LogP contribution is 2.30. The predicted molar refractivity (Wildman–Crippen MR) is 111 cm³/mol. The van der Waals surface area contributed by atoms with Gasteiger partial charge >= 0.3 is 0 Å². The molecule has 0 aliphatic rings. The highest BCUT2D eigenvalue weighted by molar-refractivity contribution is 6.31. The molecule has 28 heavy (non-hydrogen) atoms. The van der Waals surface area contributed by atoms with E-state index in [1.807, 2.05) is 48.5 Å². The average molecular weight is 390 g/mol. The quantitative estimate of drug-likeness (QED) is 0.275. The molecule has 0 aliphatic carbocycles. The monoisotopic (exact) mass is 389 g/mol. The Balaban J connectivity index is 1.80. The number of halogens is 1. The van der Waals surface area contributed by atoms with Gasteiger partial charge in [-0.3, -0.25) is 10.2 Å². The van der Waals surface area contributed by atoms with Crippen molar-refractivity contribution in [3.8, 4) is 11.3 Å². The predicted octanol–water partition coefficient (Wildman–Crippen LogP) is 4.30. The number of nitrogen functional groups attached to an aromatic ring is 1. The maximum absolute atomic E-state index is 11.8. The molecule has 4 aromatic rings. The third-order valence-electron chi connectivity index (χ3n) is 4.22. The number of hydrogen-bond donors (Lipinski definition) is 3. The van der Waals surface area contributed by atoms with Crippen LogP contribution in [-0.2, 0) is 0 Å². The number of carbonyl (C=O) groups is 1. The fraction of sp³-hybridized carbons (Fsp3) is 0. The summed E-state index contributed by atoms with van der Waals surface area (Å²) in [5, 5.41) is 4.65. The van der Waals surface area contributed by atoms with Crippen LogP contribution in [-0.4, -0.2) is 15.9 Å². The van der Waals surface area contributed by atoms with Gasteiger partial charge in [0.05, 0.1) is 11.2 Å². The minimum absolute atomic E-state index is 0.373. The van der Waals surface area contributed by atoms with Gasteiger partial charge in [-0.1, -0.05) is 48.0 Å². The minimum Gasteiger partial charge on any atom is -0.324 e. The molecule has 0 bridgehead atoms. The lowest BCUT2D eigenvalue weighted by molar-refractivity contribution is 0.0953. The van der Waals surface area contributed by atoms with Gasteiger partial charge in [-0.05, 0) is 36.4 Å². The van der Waals surface area contributed by atoms with Crippen LogP contribution in [0.1, 0.15) is 10.4 Å². The van der Waals surface area contributed by atoms with Gasteiger partial charge in [-0.25, -0.2) is 15.8 Å². The number of nitrogens with zero attached hydrogens (tertiary/aromatic N) is 2. The molecular formula is C21H16ClN5O. The number of amides is 1. The van der Waals surface area contributed by atoms with E-state index in [1.54, 1.807) is 24.3 Å². The van der Waals surface area contributed by atoms with Gasteiger partial charge < -0.3 is 5.32 Å². The molecule has 0 saturated carbocycles. The van der Waals surface area contributed by atoms with Crippen LogP contribution in [0.2, 0.25) is 5.02 Å². The lowest BCUT2D eigenvalue weighted by Gasteiger charge is -2.11. The summed E-state index contributed by atoms with van der Waals surface area (Å²) in [5.41, 5.74) is 5.72. The van der Waals surface area contributed by atoms with Crippen molar-refractivity contribution in [2.45, 2.75) is 0 Å². The average Bonchev–Trinajstić information content (AvgIpc) is 2.73. The zero-order valence-electron chi connectivity index (χ0n) is 14.7. The highest BCUT2D eigenvalue weighted by Gasteiger charge is 2.11. The van der Waals surface area contributed by atoms with Gasteiger partial charge in [0.25, 0.3) is 5.91 Å². The van der Waals surface area contributed by atoms with E-state index in [1.165, 1.54) is 0 Å². The number of anilines is 2. The molecule has 4 N–H and O–H groups in total. The molecule has 0 spiro atoms. The zero-order valence-corrected chi connectivity index (χ0v) is 15.4. The summed E-state index contributed by atoms with van der Waals surface area (Å²) in [6, 6.07) is 22.3. The van der Waals surface area contributed by atoms with Crippen molar-refractivity contribution in [2.75, 3.05) is 5.32 Å². The van der Waals surface area contributed by atoms with Gasteiger partial charge in [-0.15, -0.1) is 0 Å². The molecule has 138 valence electrons. The SMILES string of the molecule is NNC(=O)c1cccc(Nc2nc(-c3ccccc3)c3cc(Cl)ccc3n2)c1. The molecule has 4 rings (SSSR count). The second-order valence-electron chi connectivity index (χ2n) is 6.10. The molecule has 0 fully saturated rings. The summed E-state index contributed by atoms with van der Waals surface area (Å²) in [6.45, 7) is 0. The molecule has 0 atom stereocenters. The first kappa shape index (κ1) is 17.9. The van der Waals surface area contributed by atoms with E-state index in [0.29, 0.717) is 22.2 Å². The van der Waals surface area contributed by atoms with E-state index in [-0.39, 0.29) is 5.91 Å². The van der Waals surface area contributed by atoms with E-state index in [9.17, 15) is 4.79 Å². The number of hydrogen-bond acceptors (Lipinski definition) is 5. The Labute approximate surface area is 166 Å². The molecule has 1 heterocycles. The summed E-state index contributed by atoms with van der Waals surface area (Å²) in [6.07, 6.45) is 0. The lowest BCUT2D eigenvalue weighted by Crippen LogP contribution is -2.29. The first-order chi connectivity index (χ1) is 13.6. The van der Waals surface area contributed by atoms with Gasteiger partial charge in [0.1, 0.15) is 0 Å². The molecule has 1 aromatic heterocycles. The summed E-state index contributed by atoms with van der Waals surface area (Å²) >= 11 is 6.19. The zero-order chi connectivity index (χ0) is 19.5. The Hall–Kier alpha value is -3.48. The summed E-state index contributed by atoms with van der Waals surface area (Å²) in [7, 11) is 0. The van der Waals surface area contributed by atoms with Crippen LogP contribution in [0.15, 0.2) is 72.8 Å². The molecule has 3 aromatic carbocycles. The fourth-order valence-corrected chi connectivity index (χ4v) is 3.10. The maximum Gasteiger partial charge on any atom is 0.265 e. The van der Waals surface area contributed by atoms with E-state index in [4.69, 9.17) is 22.4 Å². The van der Waals surface area contributed by atoms with E-state index in [2.05, 4.69) is 15.7 Å². The van der Waals surface area contributed by atoms with Crippen LogP contribution in [0, 0.1) is 0 Å². The Morgan fingerprint density at radius 3 is 2.54 bits per heavy atom. The van der Waals surface area contributed by atoms with Crippen molar-refractivity contribution < 1.29 is 4.79 Å². The Kier molecular flexibility index (Phi) is 4.89. The molecule has 6 nitrogen and oxygen atoms in total. The molecule has 0 saturated heterocycles. The van der Waals surface area contributed by atoms with Crippen molar-refractivity contribution in [1.82, 2.24) is 15.4 Å². The topological polar surface area (TPSA) is 92.9 Å². The normalized spacial score (nSPS) is 10.6. The Bertz CT molecular complexity index is 1160. The van der Waals surface area contributed by atoms with Crippen molar-refractivity contribution in [3.63, 3.8) is 0 Å². The van der Waals surface area contributed by atoms with Crippen molar-refractivity contribution in [2.24, 2.45) is 5.84 Å². The van der Waals surface area contributed by atoms with E-state index < -0.39 is 0 Å². The van der Waals surface area contributed by atoms with E-state index in [0.717, 1.165) is 22.2 Å². The molecular weight excluding hydrogens is 374 g/mol. The van der Waals surface area contributed by atoms with Gasteiger partial charge in [0.15, 0.2) is 0 Å². The van der Waals surface area contributed by atoms with Crippen LogP contribution < -0.4 is 16.6 Å². The Morgan fingerprint density at radius 1 is 0.929 bits per heavy atom. The van der Waals surface area contributed by atoms with Crippen molar-refractivity contribution in [3.05, 3.63) is 83.4 Å².